The van der Waals surface area contributed by atoms with E-state index in [1.54, 1.807) is 5.51 Å². The second kappa shape index (κ2) is 4.98. The summed E-state index contributed by atoms with van der Waals surface area (Å²) >= 11 is 7.65. The van der Waals surface area contributed by atoms with Crippen LogP contribution in [-0.4, -0.2) is 20.9 Å². The third-order valence-electron chi connectivity index (χ3n) is 1.59. The van der Waals surface area contributed by atoms with Crippen molar-refractivity contribution < 1.29 is 4.79 Å². The molecule has 0 saturated heterocycles. The van der Waals surface area contributed by atoms with E-state index in [2.05, 4.69) is 52.1 Å². The summed E-state index contributed by atoms with van der Waals surface area (Å²) < 4.78 is 1.06. The summed E-state index contributed by atoms with van der Waals surface area (Å²) in [4.78, 5) is 24.1. The van der Waals surface area contributed by atoms with E-state index in [1.807, 2.05) is 0 Å². The van der Waals surface area contributed by atoms with Crippen LogP contribution in [-0.2, 0) is 0 Å². The molecular formula is C8H4Br2N4OS. The van der Waals surface area contributed by atoms with Gasteiger partial charge in [0.25, 0.3) is 5.91 Å². The van der Waals surface area contributed by atoms with Gasteiger partial charge in [-0.1, -0.05) is 0 Å². The summed E-state index contributed by atoms with van der Waals surface area (Å²) in [6.45, 7) is 0. The molecule has 0 bridgehead atoms. The zero-order valence-electron chi connectivity index (χ0n) is 7.65. The molecule has 2 heterocycles. The molecule has 0 atom stereocenters. The number of carbonyl (C=O) groups is 1. The summed E-state index contributed by atoms with van der Waals surface area (Å²) in [7, 11) is 0. The van der Waals surface area contributed by atoms with Crippen molar-refractivity contribution in [1.82, 2.24) is 15.0 Å². The van der Waals surface area contributed by atoms with Gasteiger partial charge in [0.05, 0.1) is 17.9 Å². The number of nitrogens with one attached hydrogen (secondary N) is 1. The fraction of sp³-hybridized carbons (Fsp3) is 0. The van der Waals surface area contributed by atoms with Crippen LogP contribution in [0.25, 0.3) is 0 Å². The van der Waals surface area contributed by atoms with Crippen molar-refractivity contribution in [3.63, 3.8) is 0 Å². The van der Waals surface area contributed by atoms with Gasteiger partial charge in [-0.2, -0.15) is 0 Å². The number of rotatable bonds is 2. The van der Waals surface area contributed by atoms with Gasteiger partial charge in [0.1, 0.15) is 14.1 Å². The predicted molar refractivity (Wildman–Crippen MR) is 67.5 cm³/mol. The van der Waals surface area contributed by atoms with Gasteiger partial charge in [-0.3, -0.25) is 9.78 Å². The van der Waals surface area contributed by atoms with Gasteiger partial charge in [0.2, 0.25) is 0 Å². The van der Waals surface area contributed by atoms with Crippen LogP contribution in [0.15, 0.2) is 27.1 Å². The first-order valence-corrected chi connectivity index (χ1v) is 6.51. The molecule has 0 unspecified atom stereocenters. The van der Waals surface area contributed by atoms with Crippen LogP contribution in [0.1, 0.15) is 9.67 Å². The maximum absolute atomic E-state index is 11.7. The second-order valence-corrected chi connectivity index (χ2v) is 5.10. The number of amides is 1. The fourth-order valence-electron chi connectivity index (χ4n) is 0.928. The Hall–Kier alpha value is -0.860. The maximum atomic E-state index is 11.7. The highest BCUT2D eigenvalue weighted by atomic mass is 79.9. The molecule has 0 spiro atoms. The van der Waals surface area contributed by atoms with Crippen molar-refractivity contribution in [3.8, 4) is 0 Å². The van der Waals surface area contributed by atoms with E-state index in [0.29, 0.717) is 19.9 Å². The van der Waals surface area contributed by atoms with E-state index in [9.17, 15) is 4.79 Å². The number of anilines is 1. The minimum Gasteiger partial charge on any atom is -0.304 e. The zero-order valence-corrected chi connectivity index (χ0v) is 11.6. The Labute approximate surface area is 112 Å². The Morgan fingerprint density at radius 2 is 2.19 bits per heavy atom. The van der Waals surface area contributed by atoms with E-state index >= 15 is 0 Å². The van der Waals surface area contributed by atoms with Crippen molar-refractivity contribution in [2.24, 2.45) is 0 Å². The maximum Gasteiger partial charge on any atom is 0.268 e. The van der Waals surface area contributed by atoms with Crippen LogP contribution in [0, 0.1) is 0 Å². The number of carbonyl (C=O) groups excluding carboxylic acids is 1. The molecule has 0 saturated carbocycles. The summed E-state index contributed by atoms with van der Waals surface area (Å²) in [5.74, 6) is 0.126. The first-order valence-electron chi connectivity index (χ1n) is 4.04. The first kappa shape index (κ1) is 11.6. The normalized spacial score (nSPS) is 10.1. The lowest BCUT2D eigenvalue weighted by Gasteiger charge is -2.03. The molecule has 16 heavy (non-hydrogen) atoms. The monoisotopic (exact) mass is 362 g/mol. The van der Waals surface area contributed by atoms with E-state index in [1.165, 1.54) is 23.7 Å². The Morgan fingerprint density at radius 3 is 2.81 bits per heavy atom. The van der Waals surface area contributed by atoms with Crippen LogP contribution in [0.5, 0.6) is 0 Å². The molecule has 1 amide bonds. The van der Waals surface area contributed by atoms with Gasteiger partial charge in [0.15, 0.2) is 5.82 Å². The molecule has 0 aliphatic rings. The molecule has 0 aliphatic carbocycles. The smallest absolute Gasteiger partial charge is 0.268 e. The van der Waals surface area contributed by atoms with E-state index < -0.39 is 0 Å². The molecule has 0 aliphatic heterocycles. The standard InChI is InChI=1S/C8H4Br2N4OS/c9-5-2-12-7(6(10)13-5)14-8(15)4-1-11-3-16-4/h1-3H,(H,12,14,15). The van der Waals surface area contributed by atoms with Gasteiger partial charge in [-0.15, -0.1) is 11.3 Å². The van der Waals surface area contributed by atoms with Gasteiger partial charge >= 0.3 is 0 Å². The minimum atomic E-state index is -0.250. The number of nitrogens with zero attached hydrogens (tertiary/aromatic N) is 3. The predicted octanol–water partition coefficient (Wildman–Crippen LogP) is 2.71. The van der Waals surface area contributed by atoms with Gasteiger partial charge in [-0.05, 0) is 31.9 Å². The Balaban J connectivity index is 2.18. The SMILES string of the molecule is O=C(Nc1ncc(Br)nc1Br)c1cncs1. The third kappa shape index (κ3) is 2.63. The molecule has 2 aromatic rings. The van der Waals surface area contributed by atoms with Crippen LogP contribution in [0.4, 0.5) is 5.82 Å². The molecule has 2 aromatic heterocycles. The zero-order chi connectivity index (χ0) is 11.5. The highest BCUT2D eigenvalue weighted by Gasteiger charge is 2.11. The van der Waals surface area contributed by atoms with Crippen LogP contribution in [0.3, 0.4) is 0 Å². The largest absolute Gasteiger partial charge is 0.304 e. The molecule has 2 rings (SSSR count). The number of thiazole rings is 1. The van der Waals surface area contributed by atoms with Gasteiger partial charge in [0, 0.05) is 0 Å². The molecule has 82 valence electrons. The lowest BCUT2D eigenvalue weighted by atomic mass is 10.5. The summed E-state index contributed by atoms with van der Waals surface area (Å²) in [5.41, 5.74) is 1.59. The fourth-order valence-corrected chi connectivity index (χ4v) is 2.35. The minimum absolute atomic E-state index is 0.250. The van der Waals surface area contributed by atoms with Crippen molar-refractivity contribution >= 4 is 54.9 Å². The Kier molecular flexibility index (Phi) is 3.62. The van der Waals surface area contributed by atoms with Gasteiger partial charge < -0.3 is 5.32 Å². The highest BCUT2D eigenvalue weighted by molar-refractivity contribution is 9.11. The molecule has 0 fully saturated rings. The van der Waals surface area contributed by atoms with Crippen molar-refractivity contribution in [1.29, 1.82) is 0 Å². The van der Waals surface area contributed by atoms with E-state index in [4.69, 9.17) is 0 Å². The molecule has 8 heteroatoms. The number of hydrogen-bond donors (Lipinski definition) is 1. The van der Waals surface area contributed by atoms with Crippen LogP contribution < -0.4 is 5.32 Å². The number of aromatic nitrogens is 3. The van der Waals surface area contributed by atoms with Crippen molar-refractivity contribution in [2.75, 3.05) is 5.32 Å². The summed E-state index contributed by atoms with van der Waals surface area (Å²) in [6, 6.07) is 0. The van der Waals surface area contributed by atoms with E-state index in [0.717, 1.165) is 0 Å². The Bertz CT molecular complexity index is 517. The lowest BCUT2D eigenvalue weighted by Crippen LogP contribution is -2.12. The number of halogens is 2. The Morgan fingerprint density at radius 1 is 1.38 bits per heavy atom. The molecule has 0 aromatic carbocycles. The van der Waals surface area contributed by atoms with Crippen molar-refractivity contribution in [3.05, 3.63) is 32.0 Å². The van der Waals surface area contributed by atoms with Crippen LogP contribution >= 0.6 is 43.2 Å². The second-order valence-electron chi connectivity index (χ2n) is 2.65. The molecule has 5 nitrogen and oxygen atoms in total. The third-order valence-corrected chi connectivity index (χ3v) is 3.30. The average Bonchev–Trinajstić information content (AvgIpc) is 2.75. The topological polar surface area (TPSA) is 67.8 Å². The quantitative estimate of drug-likeness (QED) is 0.890. The number of hydrogen-bond acceptors (Lipinski definition) is 5. The average molecular weight is 364 g/mol. The first-order chi connectivity index (χ1) is 7.66. The van der Waals surface area contributed by atoms with Crippen molar-refractivity contribution in [2.45, 2.75) is 0 Å². The summed E-state index contributed by atoms with van der Waals surface area (Å²) in [5, 5.41) is 2.63. The molecule has 0 radical (unpaired) electrons. The molecule has 1 N–H and O–H groups in total. The molecular weight excluding hydrogens is 360 g/mol. The summed E-state index contributed by atoms with van der Waals surface area (Å²) in [6.07, 6.45) is 3.01. The lowest BCUT2D eigenvalue weighted by molar-refractivity contribution is 0.103. The van der Waals surface area contributed by atoms with E-state index in [-0.39, 0.29) is 5.91 Å². The van der Waals surface area contributed by atoms with Crippen LogP contribution in [0.2, 0.25) is 0 Å². The van der Waals surface area contributed by atoms with Gasteiger partial charge in [-0.25, -0.2) is 9.97 Å². The highest BCUT2D eigenvalue weighted by Crippen LogP contribution is 2.20.